The number of rotatable bonds is 6. The molecule has 4 rings (SSSR count). The van der Waals surface area contributed by atoms with Gasteiger partial charge < -0.3 is 19.6 Å². The van der Waals surface area contributed by atoms with Crippen LogP contribution >= 0.6 is 0 Å². The zero-order valence-corrected chi connectivity index (χ0v) is 18.5. The molecule has 0 saturated carbocycles. The summed E-state index contributed by atoms with van der Waals surface area (Å²) in [6, 6.07) is 3.41. The number of nitrogens with zero attached hydrogens (tertiary/aromatic N) is 5. The van der Waals surface area contributed by atoms with Crippen molar-refractivity contribution < 1.29 is 14.2 Å². The summed E-state index contributed by atoms with van der Waals surface area (Å²) < 4.78 is 22.7. The van der Waals surface area contributed by atoms with Crippen molar-refractivity contribution in [2.24, 2.45) is 10.8 Å². The van der Waals surface area contributed by atoms with E-state index in [0.29, 0.717) is 36.6 Å². The first kappa shape index (κ1) is 21.1. The van der Waals surface area contributed by atoms with Gasteiger partial charge >= 0.3 is 0 Å². The highest BCUT2D eigenvalue weighted by molar-refractivity contribution is 5.80. The van der Waals surface area contributed by atoms with Crippen molar-refractivity contribution in [3.8, 4) is 11.3 Å². The Balaban J connectivity index is 1.57. The van der Waals surface area contributed by atoms with Gasteiger partial charge in [0.2, 0.25) is 0 Å². The Labute approximate surface area is 177 Å². The summed E-state index contributed by atoms with van der Waals surface area (Å²) in [6.07, 6.45) is 2.97. The van der Waals surface area contributed by atoms with Gasteiger partial charge in [-0.15, -0.1) is 5.10 Å². The maximum absolute atomic E-state index is 15.0. The normalized spacial score (nSPS) is 22.2. The van der Waals surface area contributed by atoms with Crippen LogP contribution in [0.15, 0.2) is 18.3 Å². The van der Waals surface area contributed by atoms with E-state index >= 15 is 4.39 Å². The van der Waals surface area contributed by atoms with Crippen LogP contribution in [0, 0.1) is 16.6 Å². The number of halogens is 1. The summed E-state index contributed by atoms with van der Waals surface area (Å²) in [7, 11) is 3.88. The average Bonchev–Trinajstić information content (AvgIpc) is 3.25. The van der Waals surface area contributed by atoms with E-state index in [4.69, 9.17) is 4.74 Å². The van der Waals surface area contributed by atoms with Crippen molar-refractivity contribution in [3.63, 3.8) is 0 Å². The Morgan fingerprint density at radius 2 is 2.00 bits per heavy atom. The van der Waals surface area contributed by atoms with Crippen molar-refractivity contribution in [2.75, 3.05) is 50.2 Å². The molecule has 2 aliphatic rings. The lowest BCUT2D eigenvalue weighted by molar-refractivity contribution is 0.0848. The van der Waals surface area contributed by atoms with Gasteiger partial charge in [-0.1, -0.05) is 26.0 Å². The second-order valence-electron chi connectivity index (χ2n) is 10.2. The number of benzene rings is 1. The summed E-state index contributed by atoms with van der Waals surface area (Å²) in [6.45, 7) is 9.19. The van der Waals surface area contributed by atoms with Crippen LogP contribution in [-0.4, -0.2) is 66.6 Å². The summed E-state index contributed by atoms with van der Waals surface area (Å²) in [5, 5.41) is 18.1. The predicted molar refractivity (Wildman–Crippen MR) is 115 cm³/mol. The van der Waals surface area contributed by atoms with Crippen LogP contribution < -0.4 is 9.80 Å². The first-order chi connectivity index (χ1) is 14.1. The van der Waals surface area contributed by atoms with Gasteiger partial charge in [0.25, 0.3) is 0 Å². The number of hydrogen-bond acceptors (Lipinski definition) is 6. The Morgan fingerprint density at radius 1 is 1.27 bits per heavy atom. The third kappa shape index (κ3) is 4.03. The van der Waals surface area contributed by atoms with E-state index in [-0.39, 0.29) is 29.4 Å². The standard InChI is InChI=1S/C22H32FN5O2/c1-21(2)8-15(30-14-21)9-28-10-18(24-25-28)16-6-17(23)20(7-19(16)26(4)5)27-11-22(3,12-27)13-29/h6-7,10,15,29H,8-9,11-14H2,1-5H3. The first-order valence-corrected chi connectivity index (χ1v) is 10.5. The summed E-state index contributed by atoms with van der Waals surface area (Å²) in [4.78, 5) is 3.93. The molecule has 0 bridgehead atoms. The molecule has 0 aliphatic carbocycles. The van der Waals surface area contributed by atoms with Gasteiger partial charge in [0.15, 0.2) is 0 Å². The van der Waals surface area contributed by atoms with Crippen molar-refractivity contribution in [1.82, 2.24) is 15.0 Å². The molecule has 1 atom stereocenters. The van der Waals surface area contributed by atoms with Crippen LogP contribution in [0.2, 0.25) is 0 Å². The minimum absolute atomic E-state index is 0.106. The Kier molecular flexibility index (Phi) is 5.26. The zero-order chi connectivity index (χ0) is 21.7. The zero-order valence-electron chi connectivity index (χ0n) is 18.5. The predicted octanol–water partition coefficient (Wildman–Crippen LogP) is 2.78. The van der Waals surface area contributed by atoms with Crippen molar-refractivity contribution in [3.05, 3.63) is 24.1 Å². The van der Waals surface area contributed by atoms with E-state index in [9.17, 15) is 5.11 Å². The highest BCUT2D eigenvalue weighted by Gasteiger charge is 2.39. The van der Waals surface area contributed by atoms with Crippen LogP contribution in [0.5, 0.6) is 0 Å². The van der Waals surface area contributed by atoms with Crippen LogP contribution in [-0.2, 0) is 11.3 Å². The van der Waals surface area contributed by atoms with Crippen LogP contribution in [0.3, 0.4) is 0 Å². The van der Waals surface area contributed by atoms with E-state index in [1.807, 2.05) is 43.1 Å². The summed E-state index contributed by atoms with van der Waals surface area (Å²) in [5.41, 5.74) is 2.82. The fourth-order valence-corrected chi connectivity index (χ4v) is 4.43. The molecular formula is C22H32FN5O2. The van der Waals surface area contributed by atoms with Gasteiger partial charge in [-0.25, -0.2) is 9.07 Å². The van der Waals surface area contributed by atoms with Crippen LogP contribution in [0.25, 0.3) is 11.3 Å². The molecule has 2 aliphatic heterocycles. The maximum Gasteiger partial charge on any atom is 0.147 e. The third-order valence-electron chi connectivity index (χ3n) is 6.11. The highest BCUT2D eigenvalue weighted by Crippen LogP contribution is 2.40. The third-order valence-corrected chi connectivity index (χ3v) is 6.11. The minimum atomic E-state index is -0.286. The second kappa shape index (κ2) is 7.50. The quantitative estimate of drug-likeness (QED) is 0.780. The molecule has 30 heavy (non-hydrogen) atoms. The number of hydrogen-bond donors (Lipinski definition) is 1. The Morgan fingerprint density at radius 3 is 2.60 bits per heavy atom. The molecule has 2 aromatic rings. The SMILES string of the molecule is CN(C)c1cc(N2CC(C)(CO)C2)c(F)cc1-c1cn(CC2CC(C)(C)CO2)nn1. The first-order valence-electron chi connectivity index (χ1n) is 10.5. The molecule has 164 valence electrons. The molecule has 0 spiro atoms. The molecule has 2 fully saturated rings. The number of aromatic nitrogens is 3. The largest absolute Gasteiger partial charge is 0.396 e. The van der Waals surface area contributed by atoms with Gasteiger partial charge in [-0.2, -0.15) is 0 Å². The molecule has 0 radical (unpaired) electrons. The van der Waals surface area contributed by atoms with E-state index in [0.717, 1.165) is 18.7 Å². The van der Waals surface area contributed by atoms with Gasteiger partial charge in [-0.3, -0.25) is 0 Å². The van der Waals surface area contributed by atoms with Crippen molar-refractivity contribution >= 4 is 11.4 Å². The molecule has 1 unspecified atom stereocenters. The van der Waals surface area contributed by atoms with Gasteiger partial charge in [0, 0.05) is 43.9 Å². The molecule has 3 heterocycles. The molecule has 1 aromatic heterocycles. The van der Waals surface area contributed by atoms with Crippen molar-refractivity contribution in [2.45, 2.75) is 39.8 Å². The van der Waals surface area contributed by atoms with Gasteiger partial charge in [-0.05, 0) is 24.0 Å². The average molecular weight is 418 g/mol. The number of ether oxygens (including phenoxy) is 1. The summed E-state index contributed by atoms with van der Waals surface area (Å²) >= 11 is 0. The molecule has 1 N–H and O–H groups in total. The van der Waals surface area contributed by atoms with Crippen molar-refractivity contribution in [1.29, 1.82) is 0 Å². The van der Waals surface area contributed by atoms with Gasteiger partial charge in [0.05, 0.1) is 37.7 Å². The Hall–Kier alpha value is -2.19. The lowest BCUT2D eigenvalue weighted by Crippen LogP contribution is -2.57. The second-order valence-corrected chi connectivity index (χ2v) is 10.2. The van der Waals surface area contributed by atoms with Gasteiger partial charge in [0.1, 0.15) is 11.5 Å². The van der Waals surface area contributed by atoms with Crippen LogP contribution in [0.1, 0.15) is 27.2 Å². The molecule has 1 aromatic carbocycles. The maximum atomic E-state index is 15.0. The Bertz CT molecular complexity index is 920. The number of anilines is 2. The van der Waals surface area contributed by atoms with E-state index in [1.54, 1.807) is 10.7 Å². The van der Waals surface area contributed by atoms with Crippen LogP contribution in [0.4, 0.5) is 15.8 Å². The minimum Gasteiger partial charge on any atom is -0.396 e. The molecule has 2 saturated heterocycles. The fraction of sp³-hybridized carbons (Fsp3) is 0.636. The smallest absolute Gasteiger partial charge is 0.147 e. The van der Waals surface area contributed by atoms with E-state index in [2.05, 4.69) is 24.2 Å². The molecule has 7 nitrogen and oxygen atoms in total. The molecule has 8 heteroatoms. The number of aliphatic hydroxyl groups is 1. The van der Waals surface area contributed by atoms with E-state index in [1.165, 1.54) is 0 Å². The number of aliphatic hydroxyl groups excluding tert-OH is 1. The fourth-order valence-electron chi connectivity index (χ4n) is 4.43. The summed E-state index contributed by atoms with van der Waals surface area (Å²) in [5.74, 6) is -0.286. The highest BCUT2D eigenvalue weighted by atomic mass is 19.1. The lowest BCUT2D eigenvalue weighted by Gasteiger charge is -2.48. The molecule has 0 amide bonds. The lowest BCUT2D eigenvalue weighted by atomic mass is 9.82. The topological polar surface area (TPSA) is 66.7 Å². The monoisotopic (exact) mass is 417 g/mol. The van der Waals surface area contributed by atoms with E-state index < -0.39 is 0 Å². The molecular weight excluding hydrogens is 385 g/mol.